The van der Waals surface area contributed by atoms with E-state index in [1.807, 2.05) is 6.92 Å². The number of nitrogens with one attached hydrogen (secondary N) is 1. The average molecular weight is 252 g/mol. The van der Waals surface area contributed by atoms with Gasteiger partial charge < -0.3 is 10.4 Å². The molecule has 1 heterocycles. The first-order valence-corrected chi connectivity index (χ1v) is 6.06. The number of carboxylic acids is 1. The van der Waals surface area contributed by atoms with Gasteiger partial charge in [-0.3, -0.25) is 4.79 Å². The molecule has 1 fully saturated rings. The van der Waals surface area contributed by atoms with Crippen molar-refractivity contribution in [3.63, 3.8) is 0 Å². The highest BCUT2D eigenvalue weighted by Crippen LogP contribution is 2.18. The number of amides is 1. The van der Waals surface area contributed by atoms with E-state index in [2.05, 4.69) is 15.6 Å². The molecule has 0 bridgehead atoms. The van der Waals surface area contributed by atoms with Crippen LogP contribution in [0.2, 0.25) is 0 Å². The molecule has 1 aliphatic carbocycles. The molecule has 0 saturated heterocycles. The first-order valence-electron chi connectivity index (χ1n) is 6.06. The molecule has 0 aliphatic heterocycles. The standard InChI is InChI=1S/C11H16N4O3/c1-2-8-10(11(17)18)13-14-15(8)6-5-9(16)12-7-3-4-7/h7H,2-6H2,1H3,(H,12,16)(H,17,18). The molecule has 7 nitrogen and oxygen atoms in total. The number of carbonyl (C=O) groups excluding carboxylic acids is 1. The minimum absolute atomic E-state index is 0.0214. The molecule has 1 aliphatic rings. The van der Waals surface area contributed by atoms with Crippen LogP contribution >= 0.6 is 0 Å². The third-order valence-electron chi connectivity index (χ3n) is 2.87. The Morgan fingerprint density at radius 1 is 1.50 bits per heavy atom. The van der Waals surface area contributed by atoms with Gasteiger partial charge in [0, 0.05) is 12.5 Å². The van der Waals surface area contributed by atoms with E-state index in [1.54, 1.807) is 0 Å². The number of nitrogens with zero attached hydrogens (tertiary/aromatic N) is 3. The fourth-order valence-electron chi connectivity index (χ4n) is 1.76. The topological polar surface area (TPSA) is 97.1 Å². The lowest BCUT2D eigenvalue weighted by atomic mass is 10.2. The summed E-state index contributed by atoms with van der Waals surface area (Å²) in [4.78, 5) is 22.4. The lowest BCUT2D eigenvalue weighted by Crippen LogP contribution is -2.26. The third-order valence-corrected chi connectivity index (χ3v) is 2.87. The minimum atomic E-state index is -1.08. The van der Waals surface area contributed by atoms with Crippen molar-refractivity contribution in [2.45, 2.75) is 45.2 Å². The molecular formula is C11H16N4O3. The summed E-state index contributed by atoms with van der Waals surface area (Å²) in [5, 5.41) is 19.2. The van der Waals surface area contributed by atoms with Crippen molar-refractivity contribution >= 4 is 11.9 Å². The second-order valence-corrected chi connectivity index (χ2v) is 4.36. The molecule has 0 aromatic carbocycles. The largest absolute Gasteiger partial charge is 0.476 e. The molecule has 98 valence electrons. The quantitative estimate of drug-likeness (QED) is 0.754. The zero-order valence-corrected chi connectivity index (χ0v) is 10.2. The predicted molar refractivity (Wildman–Crippen MR) is 62.1 cm³/mol. The zero-order valence-electron chi connectivity index (χ0n) is 10.2. The van der Waals surface area contributed by atoms with Crippen LogP contribution in [0.3, 0.4) is 0 Å². The number of aromatic carboxylic acids is 1. The molecule has 7 heteroatoms. The zero-order chi connectivity index (χ0) is 13.1. The summed E-state index contributed by atoms with van der Waals surface area (Å²) in [6.07, 6.45) is 2.93. The Morgan fingerprint density at radius 3 is 2.78 bits per heavy atom. The van der Waals surface area contributed by atoms with Crippen LogP contribution in [-0.2, 0) is 17.8 Å². The minimum Gasteiger partial charge on any atom is -0.476 e. The van der Waals surface area contributed by atoms with Crippen LogP contribution in [0.1, 0.15) is 42.4 Å². The van der Waals surface area contributed by atoms with Gasteiger partial charge in [-0.25, -0.2) is 9.48 Å². The van der Waals surface area contributed by atoms with Gasteiger partial charge in [-0.1, -0.05) is 12.1 Å². The molecule has 2 N–H and O–H groups in total. The Bertz CT molecular complexity index is 465. The van der Waals surface area contributed by atoms with E-state index in [1.165, 1.54) is 4.68 Å². The summed E-state index contributed by atoms with van der Waals surface area (Å²) in [5.74, 6) is -1.10. The van der Waals surface area contributed by atoms with E-state index >= 15 is 0 Å². The van der Waals surface area contributed by atoms with Crippen molar-refractivity contribution < 1.29 is 14.7 Å². The van der Waals surface area contributed by atoms with Crippen LogP contribution in [0.4, 0.5) is 0 Å². The summed E-state index contributed by atoms with van der Waals surface area (Å²) >= 11 is 0. The number of rotatable bonds is 6. The Morgan fingerprint density at radius 2 is 2.22 bits per heavy atom. The SMILES string of the molecule is CCc1c(C(=O)O)nnn1CCC(=O)NC1CC1. The van der Waals surface area contributed by atoms with Crippen LogP contribution in [0.25, 0.3) is 0 Å². The smallest absolute Gasteiger partial charge is 0.358 e. The molecule has 2 rings (SSSR count). The summed E-state index contributed by atoms with van der Waals surface area (Å²) in [7, 11) is 0. The van der Waals surface area contributed by atoms with E-state index < -0.39 is 5.97 Å². The normalized spacial score (nSPS) is 14.5. The van der Waals surface area contributed by atoms with Gasteiger partial charge in [-0.2, -0.15) is 0 Å². The maximum Gasteiger partial charge on any atom is 0.358 e. The number of carbonyl (C=O) groups is 2. The molecule has 0 atom stereocenters. The summed E-state index contributed by atoms with van der Waals surface area (Å²) in [6, 6.07) is 0.341. The van der Waals surface area contributed by atoms with E-state index in [0.29, 0.717) is 31.1 Å². The van der Waals surface area contributed by atoms with E-state index in [-0.39, 0.29) is 11.6 Å². The second kappa shape index (κ2) is 5.16. The Kier molecular flexibility index (Phi) is 3.59. The summed E-state index contributed by atoms with van der Waals surface area (Å²) in [5.41, 5.74) is 0.529. The fourth-order valence-corrected chi connectivity index (χ4v) is 1.76. The monoisotopic (exact) mass is 252 g/mol. The molecule has 1 aromatic heterocycles. The van der Waals surface area contributed by atoms with Gasteiger partial charge in [0.25, 0.3) is 0 Å². The van der Waals surface area contributed by atoms with Gasteiger partial charge >= 0.3 is 5.97 Å². The molecule has 0 radical (unpaired) electrons. The average Bonchev–Trinajstić information content (AvgIpc) is 3.03. The highest BCUT2D eigenvalue weighted by molar-refractivity contribution is 5.86. The van der Waals surface area contributed by atoms with Crippen molar-refractivity contribution in [3.8, 4) is 0 Å². The number of hydrogen-bond acceptors (Lipinski definition) is 4. The van der Waals surface area contributed by atoms with Gasteiger partial charge in [-0.05, 0) is 19.3 Å². The molecule has 18 heavy (non-hydrogen) atoms. The van der Waals surface area contributed by atoms with Crippen molar-refractivity contribution in [2.75, 3.05) is 0 Å². The highest BCUT2D eigenvalue weighted by Gasteiger charge is 2.23. The molecule has 0 unspecified atom stereocenters. The third kappa shape index (κ3) is 2.85. The van der Waals surface area contributed by atoms with Crippen molar-refractivity contribution in [1.29, 1.82) is 0 Å². The Labute approximate surface area is 104 Å². The first-order chi connectivity index (χ1) is 8.61. The fraction of sp³-hybridized carbons (Fsp3) is 0.636. The Balaban J connectivity index is 1.95. The lowest BCUT2D eigenvalue weighted by molar-refractivity contribution is -0.121. The van der Waals surface area contributed by atoms with Crippen LogP contribution in [0, 0.1) is 0 Å². The highest BCUT2D eigenvalue weighted by atomic mass is 16.4. The van der Waals surface area contributed by atoms with Gasteiger partial charge in [0.2, 0.25) is 5.91 Å². The number of hydrogen-bond donors (Lipinski definition) is 2. The van der Waals surface area contributed by atoms with Crippen LogP contribution in [0.15, 0.2) is 0 Å². The van der Waals surface area contributed by atoms with Crippen LogP contribution < -0.4 is 5.32 Å². The Hall–Kier alpha value is -1.92. The van der Waals surface area contributed by atoms with Gasteiger partial charge in [-0.15, -0.1) is 5.10 Å². The second-order valence-electron chi connectivity index (χ2n) is 4.36. The van der Waals surface area contributed by atoms with Gasteiger partial charge in [0.1, 0.15) is 0 Å². The van der Waals surface area contributed by atoms with E-state index in [0.717, 1.165) is 12.8 Å². The van der Waals surface area contributed by atoms with Gasteiger partial charge in [0.05, 0.1) is 12.2 Å². The lowest BCUT2D eigenvalue weighted by Gasteiger charge is -2.05. The summed E-state index contributed by atoms with van der Waals surface area (Å²) < 4.78 is 1.50. The predicted octanol–water partition coefficient (Wildman–Crippen LogP) is 0.207. The molecule has 0 spiro atoms. The maximum atomic E-state index is 11.5. The number of carboxylic acid groups (broad SMARTS) is 1. The molecule has 1 aromatic rings. The number of aryl methyl sites for hydroxylation is 1. The molecule has 1 saturated carbocycles. The summed E-state index contributed by atoms with van der Waals surface area (Å²) in [6.45, 7) is 2.20. The van der Waals surface area contributed by atoms with Crippen molar-refractivity contribution in [2.24, 2.45) is 0 Å². The van der Waals surface area contributed by atoms with Gasteiger partial charge in [0.15, 0.2) is 5.69 Å². The molecular weight excluding hydrogens is 236 g/mol. The number of aromatic nitrogens is 3. The first kappa shape index (κ1) is 12.5. The van der Waals surface area contributed by atoms with Crippen LogP contribution in [-0.4, -0.2) is 38.0 Å². The van der Waals surface area contributed by atoms with E-state index in [4.69, 9.17) is 5.11 Å². The maximum absolute atomic E-state index is 11.5. The molecule has 1 amide bonds. The van der Waals surface area contributed by atoms with E-state index in [9.17, 15) is 9.59 Å². The van der Waals surface area contributed by atoms with Crippen LogP contribution in [0.5, 0.6) is 0 Å². The van der Waals surface area contributed by atoms with Crippen molar-refractivity contribution in [3.05, 3.63) is 11.4 Å². The van der Waals surface area contributed by atoms with Crippen molar-refractivity contribution in [1.82, 2.24) is 20.3 Å².